The summed E-state index contributed by atoms with van der Waals surface area (Å²) in [6.45, 7) is 4.48. The largest absolute Gasteiger partial charge is 0.339 e. The van der Waals surface area contributed by atoms with E-state index in [1.54, 1.807) is 0 Å². The topological polar surface area (TPSA) is 8.17 Å². The van der Waals surface area contributed by atoms with Crippen molar-refractivity contribution in [2.75, 3.05) is 4.90 Å². The van der Waals surface area contributed by atoms with Crippen LogP contribution in [0.25, 0.3) is 27.5 Å². The van der Waals surface area contributed by atoms with Crippen LogP contribution in [0.5, 0.6) is 0 Å². The molecule has 0 aliphatic heterocycles. The summed E-state index contributed by atoms with van der Waals surface area (Å²) in [6.07, 6.45) is 0. The van der Waals surface area contributed by atoms with Crippen molar-refractivity contribution in [2.24, 2.45) is 0 Å². The molecule has 0 radical (unpaired) electrons. The monoisotopic (exact) mass is 376 g/mol. The van der Waals surface area contributed by atoms with E-state index in [0.29, 0.717) is 6.04 Å². The Kier molecular flexibility index (Phi) is 4.33. The van der Waals surface area contributed by atoms with Crippen molar-refractivity contribution in [2.45, 2.75) is 19.9 Å². The number of nitrogens with zero attached hydrogens (tertiary/aromatic N) is 2. The van der Waals surface area contributed by atoms with Gasteiger partial charge in [0, 0.05) is 33.9 Å². The summed E-state index contributed by atoms with van der Waals surface area (Å²) in [4.78, 5) is 2.40. The molecule has 0 N–H and O–H groups in total. The number of aromatic nitrogens is 1. The number of benzene rings is 4. The Labute approximate surface area is 171 Å². The van der Waals surface area contributed by atoms with Gasteiger partial charge in [-0.15, -0.1) is 0 Å². The maximum absolute atomic E-state index is 2.40. The Morgan fingerprint density at radius 3 is 1.93 bits per heavy atom. The smallest absolute Gasteiger partial charge is 0.0561 e. The molecule has 4 aromatic carbocycles. The second-order valence-corrected chi connectivity index (χ2v) is 7.69. The molecule has 0 atom stereocenters. The number of hydrogen-bond donors (Lipinski definition) is 0. The highest BCUT2D eigenvalue weighted by molar-refractivity contribution is 6.10. The molecule has 0 aliphatic carbocycles. The van der Waals surface area contributed by atoms with Gasteiger partial charge in [0.2, 0.25) is 0 Å². The fraction of sp³-hybridized carbons (Fsp3) is 0.111. The molecule has 0 amide bonds. The van der Waals surface area contributed by atoms with Gasteiger partial charge in [0.15, 0.2) is 0 Å². The predicted molar refractivity (Wildman–Crippen MR) is 124 cm³/mol. The summed E-state index contributed by atoms with van der Waals surface area (Å²) in [5, 5.41) is 2.57. The predicted octanol–water partition coefficient (Wildman–Crippen LogP) is 7.33. The van der Waals surface area contributed by atoms with Crippen molar-refractivity contribution in [3.63, 3.8) is 0 Å². The number of para-hydroxylation sites is 3. The summed E-state index contributed by atoms with van der Waals surface area (Å²) in [6, 6.07) is 37.1. The van der Waals surface area contributed by atoms with E-state index >= 15 is 0 Å². The van der Waals surface area contributed by atoms with Crippen LogP contribution in [0.3, 0.4) is 0 Å². The minimum Gasteiger partial charge on any atom is -0.339 e. The van der Waals surface area contributed by atoms with Gasteiger partial charge in [0.25, 0.3) is 0 Å². The molecule has 142 valence electrons. The quantitative estimate of drug-likeness (QED) is 0.319. The Morgan fingerprint density at radius 1 is 0.586 bits per heavy atom. The van der Waals surface area contributed by atoms with Crippen molar-refractivity contribution >= 4 is 33.2 Å². The lowest BCUT2D eigenvalue weighted by Gasteiger charge is -2.29. The molecule has 1 aromatic heterocycles. The maximum Gasteiger partial charge on any atom is 0.0561 e. The van der Waals surface area contributed by atoms with Crippen molar-refractivity contribution < 1.29 is 0 Å². The standard InChI is InChI=1S/C27H24N2/c1-20(2)28(21-11-5-3-6-12-21)23-17-18-25-24-15-9-10-16-26(24)29(27(25)19-23)22-13-7-4-8-14-22/h3-20H,1-2H3. The highest BCUT2D eigenvalue weighted by Crippen LogP contribution is 2.36. The van der Waals surface area contributed by atoms with Crippen LogP contribution in [0, 0.1) is 0 Å². The summed E-state index contributed by atoms with van der Waals surface area (Å²) in [5.74, 6) is 0. The van der Waals surface area contributed by atoms with Crippen molar-refractivity contribution in [1.82, 2.24) is 4.57 Å². The Balaban J connectivity index is 1.80. The van der Waals surface area contributed by atoms with Crippen LogP contribution >= 0.6 is 0 Å². The lowest BCUT2D eigenvalue weighted by atomic mass is 10.1. The minimum atomic E-state index is 0.351. The molecule has 0 aliphatic rings. The maximum atomic E-state index is 2.40. The van der Waals surface area contributed by atoms with Crippen LogP contribution in [0.4, 0.5) is 11.4 Å². The van der Waals surface area contributed by atoms with Gasteiger partial charge in [-0.05, 0) is 56.3 Å². The average molecular weight is 377 g/mol. The zero-order valence-corrected chi connectivity index (χ0v) is 16.8. The fourth-order valence-electron chi connectivity index (χ4n) is 4.30. The van der Waals surface area contributed by atoms with Crippen LogP contribution in [0.2, 0.25) is 0 Å². The summed E-state index contributed by atoms with van der Waals surface area (Å²) < 4.78 is 2.37. The SMILES string of the molecule is CC(C)N(c1ccccc1)c1ccc2c3ccccc3n(-c3ccccc3)c2c1. The number of rotatable bonds is 4. The highest BCUT2D eigenvalue weighted by Gasteiger charge is 2.17. The number of hydrogen-bond acceptors (Lipinski definition) is 1. The minimum absolute atomic E-state index is 0.351. The molecule has 0 spiro atoms. The molecule has 1 heterocycles. The molecule has 0 bridgehead atoms. The van der Waals surface area contributed by atoms with E-state index in [9.17, 15) is 0 Å². The van der Waals surface area contributed by atoms with Gasteiger partial charge in [-0.3, -0.25) is 0 Å². The molecule has 0 unspecified atom stereocenters. The van der Waals surface area contributed by atoms with Gasteiger partial charge in [-0.2, -0.15) is 0 Å². The van der Waals surface area contributed by atoms with E-state index < -0.39 is 0 Å². The Bertz CT molecular complexity index is 1270. The van der Waals surface area contributed by atoms with Crippen LogP contribution in [-0.4, -0.2) is 10.6 Å². The van der Waals surface area contributed by atoms with E-state index in [2.05, 4.69) is 126 Å². The molecule has 2 heteroatoms. The molecule has 5 aromatic rings. The molecular weight excluding hydrogens is 352 g/mol. The first-order valence-electron chi connectivity index (χ1n) is 10.2. The molecular formula is C27H24N2. The molecule has 0 fully saturated rings. The van der Waals surface area contributed by atoms with E-state index in [4.69, 9.17) is 0 Å². The summed E-state index contributed by atoms with van der Waals surface area (Å²) in [7, 11) is 0. The molecule has 0 saturated carbocycles. The van der Waals surface area contributed by atoms with Crippen LogP contribution in [0.15, 0.2) is 103 Å². The molecule has 0 saturated heterocycles. The van der Waals surface area contributed by atoms with Crippen molar-refractivity contribution in [3.05, 3.63) is 103 Å². The third-order valence-electron chi connectivity index (χ3n) is 5.50. The van der Waals surface area contributed by atoms with Gasteiger partial charge < -0.3 is 9.47 Å². The zero-order chi connectivity index (χ0) is 19.8. The molecule has 29 heavy (non-hydrogen) atoms. The third-order valence-corrected chi connectivity index (χ3v) is 5.50. The second kappa shape index (κ2) is 7.14. The Hall–Kier alpha value is -3.52. The van der Waals surface area contributed by atoms with Gasteiger partial charge in [-0.25, -0.2) is 0 Å². The zero-order valence-electron chi connectivity index (χ0n) is 16.8. The van der Waals surface area contributed by atoms with Crippen molar-refractivity contribution in [3.8, 4) is 5.69 Å². The number of fused-ring (bicyclic) bond motifs is 3. The van der Waals surface area contributed by atoms with E-state index in [1.807, 2.05) is 0 Å². The van der Waals surface area contributed by atoms with Crippen LogP contribution < -0.4 is 4.90 Å². The average Bonchev–Trinajstić information content (AvgIpc) is 3.09. The van der Waals surface area contributed by atoms with Gasteiger partial charge in [-0.1, -0.05) is 60.7 Å². The fourth-order valence-corrected chi connectivity index (χ4v) is 4.30. The lowest BCUT2D eigenvalue weighted by molar-refractivity contribution is 0.789. The third kappa shape index (κ3) is 2.98. The van der Waals surface area contributed by atoms with E-state index in [1.165, 1.54) is 38.9 Å². The normalized spacial score (nSPS) is 11.4. The first kappa shape index (κ1) is 17.6. The lowest BCUT2D eigenvalue weighted by Crippen LogP contribution is -2.25. The second-order valence-electron chi connectivity index (χ2n) is 7.69. The van der Waals surface area contributed by atoms with Gasteiger partial charge in [0.05, 0.1) is 11.0 Å². The van der Waals surface area contributed by atoms with Gasteiger partial charge >= 0.3 is 0 Å². The van der Waals surface area contributed by atoms with E-state index in [-0.39, 0.29) is 0 Å². The van der Waals surface area contributed by atoms with Crippen molar-refractivity contribution in [1.29, 1.82) is 0 Å². The first-order chi connectivity index (χ1) is 14.2. The van der Waals surface area contributed by atoms with Crippen LogP contribution in [-0.2, 0) is 0 Å². The summed E-state index contributed by atoms with van der Waals surface area (Å²) in [5.41, 5.74) is 6.08. The van der Waals surface area contributed by atoms with Crippen LogP contribution in [0.1, 0.15) is 13.8 Å². The Morgan fingerprint density at radius 2 is 1.21 bits per heavy atom. The summed E-state index contributed by atoms with van der Waals surface area (Å²) >= 11 is 0. The molecule has 5 rings (SSSR count). The van der Waals surface area contributed by atoms with Gasteiger partial charge in [0.1, 0.15) is 0 Å². The molecule has 2 nitrogen and oxygen atoms in total. The van der Waals surface area contributed by atoms with E-state index in [0.717, 1.165) is 0 Å². The number of anilines is 2. The first-order valence-corrected chi connectivity index (χ1v) is 10.2. The highest BCUT2D eigenvalue weighted by atomic mass is 15.2.